The fourth-order valence-electron chi connectivity index (χ4n) is 5.51. The van der Waals surface area contributed by atoms with Crippen LogP contribution in [0, 0.1) is 0 Å². The van der Waals surface area contributed by atoms with Gasteiger partial charge in [-0.05, 0) is 29.3 Å². The SMILES string of the molecule is O=S(=O)(c1ccccc1C(F)(F)F)N1C/C=C\CN2C(CO)[C@@H](c3ccc(-c4cccc(Cl)c4Cl)cc3)[C@@H]2C1. The molecule has 5 nitrogen and oxygen atoms in total. The molecule has 1 N–H and O–H groups in total. The molecule has 11 heteroatoms. The second kappa shape index (κ2) is 10.9. The van der Waals surface area contributed by atoms with Crippen LogP contribution in [-0.2, 0) is 16.2 Å². The topological polar surface area (TPSA) is 60.9 Å². The highest BCUT2D eigenvalue weighted by atomic mass is 35.5. The summed E-state index contributed by atoms with van der Waals surface area (Å²) in [6.45, 7) is 0.264. The summed E-state index contributed by atoms with van der Waals surface area (Å²) in [4.78, 5) is 1.22. The van der Waals surface area contributed by atoms with Gasteiger partial charge in [0.25, 0.3) is 0 Å². The molecule has 39 heavy (non-hydrogen) atoms. The highest BCUT2D eigenvalue weighted by Crippen LogP contribution is 2.43. The Morgan fingerprint density at radius 1 is 0.923 bits per heavy atom. The summed E-state index contributed by atoms with van der Waals surface area (Å²) in [6.07, 6.45) is -1.40. The standard InChI is InChI=1S/C28H25Cl2F3N2O3S/c29-22-8-5-6-20(27(22)30)18-10-12-19(13-11-18)26-23-16-34(14-3-4-15-35(23)24(26)17-36)39(37,38)25-9-2-1-7-21(25)28(31,32)33/h1-13,23-24,26,36H,14-17H2/b4-3-/t23-,24?,26-/m0/s1. The molecule has 0 aromatic heterocycles. The number of aliphatic hydroxyl groups excluding tert-OH is 1. The zero-order valence-electron chi connectivity index (χ0n) is 20.5. The highest BCUT2D eigenvalue weighted by Gasteiger charge is 2.50. The second-order valence-corrected chi connectivity index (χ2v) is 12.2. The number of aliphatic hydroxyl groups is 1. The molecule has 0 aliphatic carbocycles. The van der Waals surface area contributed by atoms with Gasteiger partial charge in [-0.1, -0.05) is 83.9 Å². The number of rotatable bonds is 5. The van der Waals surface area contributed by atoms with Crippen LogP contribution in [0.5, 0.6) is 0 Å². The summed E-state index contributed by atoms with van der Waals surface area (Å²) in [5, 5.41) is 11.1. The van der Waals surface area contributed by atoms with E-state index >= 15 is 0 Å². The molecule has 1 unspecified atom stereocenters. The fraction of sp³-hybridized carbons (Fsp3) is 0.286. The maximum atomic E-state index is 13.7. The third-order valence-corrected chi connectivity index (χ3v) is 10.1. The zero-order valence-corrected chi connectivity index (χ0v) is 22.9. The van der Waals surface area contributed by atoms with Gasteiger partial charge in [0, 0.05) is 43.2 Å². The van der Waals surface area contributed by atoms with E-state index in [-0.39, 0.29) is 37.7 Å². The second-order valence-electron chi connectivity index (χ2n) is 9.55. The molecule has 3 atom stereocenters. The number of halogens is 5. The van der Waals surface area contributed by atoms with Crippen LogP contribution in [0.1, 0.15) is 17.0 Å². The van der Waals surface area contributed by atoms with E-state index in [1.54, 1.807) is 24.3 Å². The predicted molar refractivity (Wildman–Crippen MR) is 145 cm³/mol. The normalized spacial score (nSPS) is 23.4. The molecule has 0 bridgehead atoms. The van der Waals surface area contributed by atoms with Crippen LogP contribution in [0.4, 0.5) is 13.2 Å². The Morgan fingerprint density at radius 2 is 1.62 bits per heavy atom. The lowest BCUT2D eigenvalue weighted by atomic mass is 9.74. The van der Waals surface area contributed by atoms with Gasteiger partial charge in [0.05, 0.1) is 27.1 Å². The van der Waals surface area contributed by atoms with Gasteiger partial charge in [0.15, 0.2) is 0 Å². The van der Waals surface area contributed by atoms with Crippen LogP contribution in [0.2, 0.25) is 10.0 Å². The average molecular weight is 597 g/mol. The molecule has 0 radical (unpaired) electrons. The van der Waals surface area contributed by atoms with Crippen molar-refractivity contribution >= 4 is 33.2 Å². The van der Waals surface area contributed by atoms with Crippen LogP contribution in [-0.4, -0.2) is 61.1 Å². The van der Waals surface area contributed by atoms with Crippen LogP contribution < -0.4 is 0 Å². The van der Waals surface area contributed by atoms with Gasteiger partial charge in [-0.25, -0.2) is 8.42 Å². The van der Waals surface area contributed by atoms with E-state index in [9.17, 15) is 26.7 Å². The van der Waals surface area contributed by atoms with Crippen molar-refractivity contribution in [2.75, 3.05) is 26.2 Å². The lowest BCUT2D eigenvalue weighted by molar-refractivity contribution is -0.139. The number of fused-ring (bicyclic) bond motifs is 1. The number of hydrogen-bond donors (Lipinski definition) is 1. The Hall–Kier alpha value is -2.40. The van der Waals surface area contributed by atoms with Gasteiger partial charge in [0.1, 0.15) is 0 Å². The van der Waals surface area contributed by atoms with Crippen molar-refractivity contribution in [1.82, 2.24) is 9.21 Å². The minimum absolute atomic E-state index is 0.0259. The van der Waals surface area contributed by atoms with Crippen molar-refractivity contribution in [1.29, 1.82) is 0 Å². The quantitative estimate of drug-likeness (QED) is 0.363. The fourth-order valence-corrected chi connectivity index (χ4v) is 7.54. The molecule has 2 aliphatic rings. The Morgan fingerprint density at radius 3 is 2.31 bits per heavy atom. The lowest BCUT2D eigenvalue weighted by Gasteiger charge is -2.56. The molecule has 2 heterocycles. The molecule has 1 saturated heterocycles. The number of hydrogen-bond acceptors (Lipinski definition) is 4. The zero-order chi connectivity index (χ0) is 27.9. The van der Waals surface area contributed by atoms with Gasteiger partial charge < -0.3 is 5.11 Å². The van der Waals surface area contributed by atoms with E-state index in [2.05, 4.69) is 0 Å². The third kappa shape index (κ3) is 5.24. The Balaban J connectivity index is 1.47. The molecule has 3 aromatic rings. The van der Waals surface area contributed by atoms with Crippen molar-refractivity contribution in [3.63, 3.8) is 0 Å². The maximum Gasteiger partial charge on any atom is 0.417 e. The first-order chi connectivity index (χ1) is 18.5. The van der Waals surface area contributed by atoms with Gasteiger partial charge in [0.2, 0.25) is 10.0 Å². The molecular formula is C28H25Cl2F3N2O3S. The maximum absolute atomic E-state index is 13.7. The van der Waals surface area contributed by atoms with Gasteiger partial charge in [-0.3, -0.25) is 4.90 Å². The number of sulfonamides is 1. The molecule has 5 rings (SSSR count). The van der Waals surface area contributed by atoms with Crippen LogP contribution in [0.25, 0.3) is 11.1 Å². The van der Waals surface area contributed by atoms with Gasteiger partial charge in [-0.15, -0.1) is 0 Å². The summed E-state index contributed by atoms with van der Waals surface area (Å²) in [5.41, 5.74) is 1.30. The minimum atomic E-state index is -4.82. The first-order valence-corrected chi connectivity index (χ1v) is 14.5. The lowest BCUT2D eigenvalue weighted by Crippen LogP contribution is -2.67. The van der Waals surface area contributed by atoms with E-state index in [4.69, 9.17) is 23.2 Å². The summed E-state index contributed by atoms with van der Waals surface area (Å²) in [7, 11) is -4.47. The summed E-state index contributed by atoms with van der Waals surface area (Å²) in [6, 6.07) is 16.6. The number of benzene rings is 3. The molecule has 0 saturated carbocycles. The Labute approximate surface area is 235 Å². The van der Waals surface area contributed by atoms with E-state index < -0.39 is 26.7 Å². The van der Waals surface area contributed by atoms with Crippen molar-refractivity contribution in [2.45, 2.75) is 29.1 Å². The Kier molecular flexibility index (Phi) is 7.85. The van der Waals surface area contributed by atoms with E-state index in [0.29, 0.717) is 16.6 Å². The average Bonchev–Trinajstić information content (AvgIpc) is 2.89. The van der Waals surface area contributed by atoms with Crippen molar-refractivity contribution in [2.24, 2.45) is 0 Å². The van der Waals surface area contributed by atoms with Crippen LogP contribution >= 0.6 is 23.2 Å². The molecule has 206 valence electrons. The molecule has 1 fully saturated rings. The van der Waals surface area contributed by atoms with Gasteiger partial charge in [-0.2, -0.15) is 17.5 Å². The first kappa shape index (κ1) is 28.1. The minimum Gasteiger partial charge on any atom is -0.395 e. The summed E-state index contributed by atoms with van der Waals surface area (Å²) >= 11 is 12.5. The summed E-state index contributed by atoms with van der Waals surface area (Å²) < 4.78 is 69.2. The number of alkyl halides is 3. The summed E-state index contributed by atoms with van der Waals surface area (Å²) in [5.74, 6) is -0.235. The highest BCUT2D eigenvalue weighted by molar-refractivity contribution is 7.89. The first-order valence-electron chi connectivity index (χ1n) is 12.3. The monoisotopic (exact) mass is 596 g/mol. The van der Waals surface area contributed by atoms with Crippen LogP contribution in [0.3, 0.4) is 0 Å². The molecular weight excluding hydrogens is 572 g/mol. The largest absolute Gasteiger partial charge is 0.417 e. The van der Waals surface area contributed by atoms with E-state index in [1.807, 2.05) is 35.2 Å². The van der Waals surface area contributed by atoms with E-state index in [0.717, 1.165) is 33.1 Å². The molecule has 2 aliphatic heterocycles. The van der Waals surface area contributed by atoms with E-state index in [1.165, 1.54) is 12.1 Å². The molecule has 0 amide bonds. The van der Waals surface area contributed by atoms with Crippen molar-refractivity contribution in [3.05, 3.63) is 100 Å². The van der Waals surface area contributed by atoms with Crippen molar-refractivity contribution < 1.29 is 26.7 Å². The van der Waals surface area contributed by atoms with Crippen molar-refractivity contribution in [3.8, 4) is 11.1 Å². The number of nitrogens with zero attached hydrogens (tertiary/aromatic N) is 2. The van der Waals surface area contributed by atoms with Gasteiger partial charge >= 0.3 is 6.18 Å². The third-order valence-electron chi connectivity index (χ3n) is 7.42. The van der Waals surface area contributed by atoms with Crippen LogP contribution in [0.15, 0.2) is 83.8 Å². The predicted octanol–water partition coefficient (Wildman–Crippen LogP) is 6.07. The smallest absolute Gasteiger partial charge is 0.395 e. The molecule has 0 spiro atoms. The Bertz CT molecular complexity index is 1500. The molecule has 3 aromatic carbocycles.